The molecular weight excluding hydrogens is 1920 g/mol. The van der Waals surface area contributed by atoms with Gasteiger partial charge in [-0.2, -0.15) is 0 Å². The van der Waals surface area contributed by atoms with Crippen molar-refractivity contribution in [2.75, 3.05) is 582 Å². The summed E-state index contributed by atoms with van der Waals surface area (Å²) in [6, 6.07) is 7.80. The molecule has 0 amide bonds. The van der Waals surface area contributed by atoms with Gasteiger partial charge in [0, 0.05) is 19.8 Å². The molecule has 0 spiro atoms. The second kappa shape index (κ2) is 134. The highest BCUT2D eigenvalue weighted by Crippen LogP contribution is 2.12. The van der Waals surface area contributed by atoms with E-state index in [0.717, 1.165) is 56.8 Å². The summed E-state index contributed by atoms with van der Waals surface area (Å²) in [6.07, 6.45) is 4.09. The van der Waals surface area contributed by atoms with Gasteiger partial charge in [0.25, 0.3) is 0 Å². The van der Waals surface area contributed by atoms with Crippen LogP contribution in [0.15, 0.2) is 24.3 Å². The molecule has 0 fully saturated rings. The summed E-state index contributed by atoms with van der Waals surface area (Å²) in [4.78, 5) is 0. The van der Waals surface area contributed by atoms with Gasteiger partial charge in [-0.15, -0.1) is 0 Å². The minimum atomic E-state index is 0.473. The molecule has 1 aromatic carbocycles. The quantitative estimate of drug-likeness (QED) is 0.0810. The molecule has 0 saturated heterocycles. The van der Waals surface area contributed by atoms with Crippen molar-refractivity contribution in [2.24, 2.45) is 0 Å². The van der Waals surface area contributed by atoms with Crippen molar-refractivity contribution in [2.45, 2.75) is 39.2 Å². The Bertz CT molecular complexity index is 2220. The fourth-order valence-corrected chi connectivity index (χ4v) is 11.0. The molecule has 0 N–H and O–H groups in total. The van der Waals surface area contributed by atoms with Crippen molar-refractivity contribution in [3.8, 4) is 5.75 Å². The minimum absolute atomic E-state index is 0.473. The van der Waals surface area contributed by atoms with E-state index >= 15 is 0 Å². The lowest BCUT2D eigenvalue weighted by atomic mass is 10.2. The lowest BCUT2D eigenvalue weighted by Gasteiger charge is -2.09. The van der Waals surface area contributed by atoms with Crippen LogP contribution in [0.3, 0.4) is 0 Å². The number of benzene rings is 1. The summed E-state index contributed by atoms with van der Waals surface area (Å²) in [6.45, 7) is 46.1. The zero-order valence-corrected chi connectivity index (χ0v) is 88.7. The first kappa shape index (κ1) is 140. The van der Waals surface area contributed by atoms with Gasteiger partial charge in [-0.25, -0.2) is 0 Å². The van der Waals surface area contributed by atoms with E-state index in [4.69, 9.17) is 213 Å². The van der Waals surface area contributed by atoms with Crippen LogP contribution >= 0.6 is 0 Å². The van der Waals surface area contributed by atoms with Crippen molar-refractivity contribution in [1.82, 2.24) is 0 Å². The van der Waals surface area contributed by atoms with E-state index in [1.165, 1.54) is 0 Å². The summed E-state index contributed by atoms with van der Waals surface area (Å²) in [5.41, 5.74) is 1.09. The van der Waals surface area contributed by atoms with E-state index < -0.39 is 0 Å². The van der Waals surface area contributed by atoms with Crippen LogP contribution < -0.4 is 4.74 Å². The Hall–Kier alpha value is -2.74. The molecule has 1 rings (SSSR count). The molecule has 0 unspecified atom stereocenters. The predicted octanol–water partition coefficient (Wildman–Crippen LogP) is 4.51. The van der Waals surface area contributed by atoms with E-state index in [1.54, 1.807) is 7.11 Å². The van der Waals surface area contributed by atoms with Gasteiger partial charge in [0.2, 0.25) is 0 Å². The molecule has 0 heterocycles. The second-order valence-corrected chi connectivity index (χ2v) is 30.3. The van der Waals surface area contributed by atoms with Crippen LogP contribution in [0, 0.1) is 0 Å². The van der Waals surface area contributed by atoms with Crippen LogP contribution in [-0.4, -0.2) is 582 Å². The highest BCUT2D eigenvalue weighted by molar-refractivity contribution is 5.26. The summed E-state index contributed by atoms with van der Waals surface area (Å²) >= 11 is 0. The molecule has 145 heavy (non-hydrogen) atoms. The molecule has 0 bridgehead atoms. The van der Waals surface area contributed by atoms with E-state index in [2.05, 4.69) is 6.92 Å². The summed E-state index contributed by atoms with van der Waals surface area (Å²) in [5.74, 6) is 0.828. The third-order valence-electron chi connectivity index (χ3n) is 18.5. The monoisotopic (exact) mass is 2120 g/mol. The molecule has 864 valence electrons. The maximum Gasteiger partial charge on any atom is 0.118 e. The van der Waals surface area contributed by atoms with Crippen molar-refractivity contribution in [1.29, 1.82) is 0 Å². The van der Waals surface area contributed by atoms with Gasteiger partial charge in [0.1, 0.15) is 5.75 Å². The molecule has 45 nitrogen and oxygen atoms in total. The van der Waals surface area contributed by atoms with E-state index in [1.807, 2.05) is 24.3 Å². The molecule has 0 aliphatic heterocycles. The Labute approximate surface area is 866 Å². The number of rotatable bonds is 137. The number of ether oxygens (including phenoxy) is 45. The normalized spacial score (nSPS) is 11.8. The van der Waals surface area contributed by atoms with Gasteiger partial charge in [0.15, 0.2) is 0 Å². The zero-order valence-electron chi connectivity index (χ0n) is 88.7. The second-order valence-electron chi connectivity index (χ2n) is 30.3. The summed E-state index contributed by atoms with van der Waals surface area (Å²) in [5, 5.41) is 0. The molecule has 0 radical (unpaired) electrons. The van der Waals surface area contributed by atoms with Crippen molar-refractivity contribution in [3.05, 3.63) is 29.8 Å². The third-order valence-corrected chi connectivity index (χ3v) is 18.5. The largest absolute Gasteiger partial charge is 0.497 e. The maximum atomic E-state index is 5.64. The maximum absolute atomic E-state index is 5.64. The van der Waals surface area contributed by atoms with E-state index in [-0.39, 0.29) is 0 Å². The van der Waals surface area contributed by atoms with E-state index in [0.29, 0.717) is 562 Å². The first-order valence-corrected chi connectivity index (χ1v) is 52.4. The van der Waals surface area contributed by atoms with Crippen LogP contribution in [0.1, 0.15) is 38.2 Å². The van der Waals surface area contributed by atoms with Gasteiger partial charge < -0.3 is 213 Å². The smallest absolute Gasteiger partial charge is 0.118 e. The Balaban J connectivity index is 1.58. The molecular formula is C100H194O45. The zero-order chi connectivity index (χ0) is 103. The number of hydrogen-bond donors (Lipinski definition) is 0. The molecule has 0 aliphatic rings. The first-order chi connectivity index (χ1) is 72.4. The average Bonchev–Trinajstić information content (AvgIpc) is 0.918. The Morgan fingerprint density at radius 2 is 0.207 bits per heavy atom. The predicted molar refractivity (Wildman–Crippen MR) is 532 cm³/mol. The summed E-state index contributed by atoms with van der Waals surface area (Å²) in [7, 11) is 1.65. The molecule has 45 heteroatoms. The fourth-order valence-electron chi connectivity index (χ4n) is 11.0. The third kappa shape index (κ3) is 128. The van der Waals surface area contributed by atoms with Gasteiger partial charge in [-0.3, -0.25) is 0 Å². The number of methoxy groups -OCH3 is 1. The van der Waals surface area contributed by atoms with Crippen molar-refractivity contribution >= 4 is 0 Å². The summed E-state index contributed by atoms with van der Waals surface area (Å²) < 4.78 is 249. The molecule has 0 atom stereocenters. The minimum Gasteiger partial charge on any atom is -0.497 e. The first-order valence-electron chi connectivity index (χ1n) is 52.4. The van der Waals surface area contributed by atoms with Crippen LogP contribution in [-0.2, 0) is 215 Å². The van der Waals surface area contributed by atoms with Gasteiger partial charge >= 0.3 is 0 Å². The van der Waals surface area contributed by atoms with Gasteiger partial charge in [-0.1, -0.05) is 19.1 Å². The van der Waals surface area contributed by atoms with Crippen molar-refractivity contribution in [3.63, 3.8) is 0 Å². The average molecular weight is 2120 g/mol. The van der Waals surface area contributed by atoms with Crippen LogP contribution in [0.4, 0.5) is 0 Å². The highest BCUT2D eigenvalue weighted by atomic mass is 16.7. The van der Waals surface area contributed by atoms with Gasteiger partial charge in [0.05, 0.1) is 569 Å². The molecule has 0 aliphatic carbocycles. The molecule has 1 aromatic rings. The SMILES string of the molecule is CCCOCCOCCOCCOCCCCCOCCOCCOCCOCCOCCOCCOCCOCCOCCOCCOCCOCCOCCOCCOCCOCCOCCOCCOCCOCCOCCOCCOCCOCCOCCOCCOCCOCCOCCOCCOCCOCCOCCOCCOCCOCCOCCOCCOCCOCc1ccc(OC)cc1. The fraction of sp³-hybridized carbons (Fsp3) is 0.940. The standard InChI is InChI=1S/C100H194O45/c1-3-11-102-14-17-105-20-21-106-18-15-103-12-5-4-6-13-104-16-19-107-22-23-108-24-25-109-26-27-110-28-29-111-30-31-112-32-33-113-34-35-114-36-37-115-38-39-116-40-41-117-42-43-118-44-45-119-46-47-120-48-49-121-50-51-122-52-53-123-54-55-124-56-57-125-58-59-126-60-61-127-62-63-128-64-65-129-66-67-130-68-69-131-70-71-132-72-73-133-74-75-134-76-77-135-78-79-136-80-81-137-82-83-138-84-85-139-86-87-140-88-89-141-90-91-142-92-93-143-94-95-144-96-97-145-98-99-7-9-100(101-2)10-8-99/h7-10H,3-6,11-98H2,1-2H3. The van der Waals surface area contributed by atoms with Crippen LogP contribution in [0.5, 0.6) is 5.75 Å². The van der Waals surface area contributed by atoms with Crippen molar-refractivity contribution < 1.29 is 213 Å². The topological polar surface area (TPSA) is 415 Å². The van der Waals surface area contributed by atoms with E-state index in [9.17, 15) is 0 Å². The lowest BCUT2D eigenvalue weighted by molar-refractivity contribution is -0.0328. The highest BCUT2D eigenvalue weighted by Gasteiger charge is 2.07. The lowest BCUT2D eigenvalue weighted by Crippen LogP contribution is -2.16. The van der Waals surface area contributed by atoms with Gasteiger partial charge in [-0.05, 0) is 43.4 Å². The number of hydrogen-bond acceptors (Lipinski definition) is 45. The van der Waals surface area contributed by atoms with Crippen LogP contribution in [0.2, 0.25) is 0 Å². The Kier molecular flexibility index (Phi) is 129. The Morgan fingerprint density at radius 3 is 0.310 bits per heavy atom. The molecule has 0 saturated carbocycles. The van der Waals surface area contributed by atoms with Crippen LogP contribution in [0.25, 0.3) is 0 Å². The molecule has 0 aromatic heterocycles. The number of unbranched alkanes of at least 4 members (excludes halogenated alkanes) is 2. The Morgan fingerprint density at radius 1 is 0.110 bits per heavy atom.